The van der Waals surface area contributed by atoms with Gasteiger partial charge in [0.2, 0.25) is 5.91 Å². The summed E-state index contributed by atoms with van der Waals surface area (Å²) in [5.41, 5.74) is 6.22. The van der Waals surface area contributed by atoms with Crippen LogP contribution in [0.15, 0.2) is 24.3 Å². The Morgan fingerprint density at radius 2 is 2.29 bits per heavy atom. The van der Waals surface area contributed by atoms with Crippen molar-refractivity contribution < 1.29 is 9.53 Å². The zero-order chi connectivity index (χ0) is 12.7. The Bertz CT molecular complexity index is 366. The first-order chi connectivity index (χ1) is 8.13. The van der Waals surface area contributed by atoms with E-state index >= 15 is 0 Å². The number of hydrogen-bond donors (Lipinski definition) is 2. The summed E-state index contributed by atoms with van der Waals surface area (Å²) >= 11 is 0. The van der Waals surface area contributed by atoms with Crippen molar-refractivity contribution in [2.24, 2.45) is 5.73 Å². The molecule has 0 heterocycles. The summed E-state index contributed by atoms with van der Waals surface area (Å²) in [7, 11) is 0. The van der Waals surface area contributed by atoms with Crippen molar-refractivity contribution in [1.82, 2.24) is 5.32 Å². The van der Waals surface area contributed by atoms with Crippen molar-refractivity contribution in [3.05, 3.63) is 29.8 Å². The third-order valence-corrected chi connectivity index (χ3v) is 2.49. The molecule has 0 bridgehead atoms. The molecule has 1 aromatic carbocycles. The zero-order valence-electron chi connectivity index (χ0n) is 10.4. The molecule has 4 heteroatoms. The maximum atomic E-state index is 10.6. The highest BCUT2D eigenvalue weighted by atomic mass is 16.5. The van der Waals surface area contributed by atoms with E-state index in [4.69, 9.17) is 10.5 Å². The van der Waals surface area contributed by atoms with Crippen LogP contribution in [0, 0.1) is 0 Å². The molecule has 0 saturated carbocycles. The third kappa shape index (κ3) is 4.87. The molecule has 4 nitrogen and oxygen atoms in total. The lowest BCUT2D eigenvalue weighted by Crippen LogP contribution is -2.18. The molecule has 0 aliphatic carbocycles. The summed E-state index contributed by atoms with van der Waals surface area (Å²) in [6, 6.07) is 8.15. The Labute approximate surface area is 102 Å². The van der Waals surface area contributed by atoms with Crippen molar-refractivity contribution in [3.8, 4) is 5.75 Å². The fourth-order valence-electron chi connectivity index (χ4n) is 1.57. The molecule has 0 spiro atoms. The Hall–Kier alpha value is -1.55. The van der Waals surface area contributed by atoms with E-state index in [2.05, 4.69) is 19.2 Å². The molecule has 0 aromatic heterocycles. The van der Waals surface area contributed by atoms with E-state index in [-0.39, 0.29) is 12.3 Å². The van der Waals surface area contributed by atoms with Gasteiger partial charge in [0, 0.05) is 6.04 Å². The lowest BCUT2D eigenvalue weighted by atomic mass is 10.1. The minimum atomic E-state index is -0.345. The number of ether oxygens (including phenoxy) is 1. The van der Waals surface area contributed by atoms with Crippen LogP contribution < -0.4 is 15.8 Å². The summed E-state index contributed by atoms with van der Waals surface area (Å²) in [4.78, 5) is 10.6. The fraction of sp³-hybridized carbons (Fsp3) is 0.462. The van der Waals surface area contributed by atoms with Gasteiger partial charge in [-0.25, -0.2) is 0 Å². The van der Waals surface area contributed by atoms with Crippen LogP contribution >= 0.6 is 0 Å². The van der Waals surface area contributed by atoms with Crippen molar-refractivity contribution >= 4 is 5.91 Å². The van der Waals surface area contributed by atoms with Crippen LogP contribution in [0.2, 0.25) is 0 Å². The van der Waals surface area contributed by atoms with Crippen LogP contribution in [-0.4, -0.2) is 19.1 Å². The maximum Gasteiger partial charge on any atom is 0.220 e. The van der Waals surface area contributed by atoms with Crippen LogP contribution in [0.3, 0.4) is 0 Å². The van der Waals surface area contributed by atoms with Crippen molar-refractivity contribution in [2.75, 3.05) is 13.2 Å². The number of carbonyl (C=O) groups excluding carboxylic acids is 1. The molecule has 0 radical (unpaired) electrons. The molecule has 1 unspecified atom stereocenters. The van der Waals surface area contributed by atoms with E-state index in [1.807, 2.05) is 24.3 Å². The molecule has 0 aliphatic heterocycles. The Morgan fingerprint density at radius 3 is 2.94 bits per heavy atom. The third-order valence-electron chi connectivity index (χ3n) is 2.49. The van der Waals surface area contributed by atoms with Crippen molar-refractivity contribution in [1.29, 1.82) is 0 Å². The molecular formula is C13H20N2O2. The molecular weight excluding hydrogens is 216 g/mol. The molecule has 0 saturated heterocycles. The predicted octanol–water partition coefficient (Wildman–Crippen LogP) is 1.61. The van der Waals surface area contributed by atoms with E-state index < -0.39 is 0 Å². The maximum absolute atomic E-state index is 10.6. The van der Waals surface area contributed by atoms with E-state index in [1.165, 1.54) is 5.56 Å². The number of primary amides is 1. The zero-order valence-corrected chi connectivity index (χ0v) is 10.4. The van der Waals surface area contributed by atoms with Gasteiger partial charge in [-0.3, -0.25) is 4.79 Å². The normalized spacial score (nSPS) is 12.1. The van der Waals surface area contributed by atoms with Crippen LogP contribution in [0.1, 0.15) is 31.9 Å². The van der Waals surface area contributed by atoms with Gasteiger partial charge in [-0.1, -0.05) is 19.1 Å². The second-order valence-corrected chi connectivity index (χ2v) is 3.92. The topological polar surface area (TPSA) is 64.3 Å². The number of rotatable bonds is 7. The molecule has 3 N–H and O–H groups in total. The molecule has 0 fully saturated rings. The summed E-state index contributed by atoms with van der Waals surface area (Å²) < 4.78 is 5.46. The fourth-order valence-corrected chi connectivity index (χ4v) is 1.57. The van der Waals surface area contributed by atoms with Gasteiger partial charge in [0.15, 0.2) is 0 Å². The SMILES string of the molecule is CCNC(C)c1cccc(OCCC(N)=O)c1. The molecule has 0 aliphatic rings. The molecule has 17 heavy (non-hydrogen) atoms. The van der Waals surface area contributed by atoms with Gasteiger partial charge < -0.3 is 15.8 Å². The molecule has 1 amide bonds. The summed E-state index contributed by atoms with van der Waals surface area (Å²) in [5, 5.41) is 3.33. The highest BCUT2D eigenvalue weighted by Crippen LogP contribution is 2.19. The Morgan fingerprint density at radius 1 is 1.53 bits per heavy atom. The number of hydrogen-bond acceptors (Lipinski definition) is 3. The lowest BCUT2D eigenvalue weighted by Gasteiger charge is -2.14. The first kappa shape index (κ1) is 13.5. The second kappa shape index (κ2) is 6.91. The number of nitrogens with two attached hydrogens (primary N) is 1. The van der Waals surface area contributed by atoms with Crippen LogP contribution in [0.5, 0.6) is 5.75 Å². The highest BCUT2D eigenvalue weighted by Gasteiger charge is 2.04. The van der Waals surface area contributed by atoms with Crippen LogP contribution in [0.25, 0.3) is 0 Å². The van der Waals surface area contributed by atoms with Gasteiger partial charge in [0.1, 0.15) is 5.75 Å². The molecule has 1 aromatic rings. The average Bonchev–Trinajstić information content (AvgIpc) is 2.29. The van der Waals surface area contributed by atoms with Gasteiger partial charge in [-0.05, 0) is 31.2 Å². The summed E-state index contributed by atoms with van der Waals surface area (Å²) in [5.74, 6) is 0.427. The quantitative estimate of drug-likeness (QED) is 0.756. The standard InChI is InChI=1S/C13H20N2O2/c1-3-15-10(2)11-5-4-6-12(9-11)17-8-7-13(14)16/h4-6,9-10,15H,3,7-8H2,1-2H3,(H2,14,16). The lowest BCUT2D eigenvalue weighted by molar-refractivity contribution is -0.118. The largest absolute Gasteiger partial charge is 0.493 e. The number of benzene rings is 1. The molecule has 94 valence electrons. The molecule has 1 atom stereocenters. The van der Waals surface area contributed by atoms with Gasteiger partial charge in [-0.2, -0.15) is 0 Å². The second-order valence-electron chi connectivity index (χ2n) is 3.92. The average molecular weight is 236 g/mol. The van der Waals surface area contributed by atoms with Gasteiger partial charge >= 0.3 is 0 Å². The van der Waals surface area contributed by atoms with E-state index in [9.17, 15) is 4.79 Å². The molecule has 1 rings (SSSR count). The minimum absolute atomic E-state index is 0.243. The van der Waals surface area contributed by atoms with E-state index in [0.717, 1.165) is 12.3 Å². The van der Waals surface area contributed by atoms with Crippen LogP contribution in [-0.2, 0) is 4.79 Å². The summed E-state index contributed by atoms with van der Waals surface area (Å²) in [6.07, 6.45) is 0.243. The van der Waals surface area contributed by atoms with E-state index in [1.54, 1.807) is 0 Å². The number of nitrogens with one attached hydrogen (secondary N) is 1. The van der Waals surface area contributed by atoms with Crippen LogP contribution in [0.4, 0.5) is 0 Å². The van der Waals surface area contributed by atoms with Crippen molar-refractivity contribution in [3.63, 3.8) is 0 Å². The first-order valence-electron chi connectivity index (χ1n) is 5.88. The minimum Gasteiger partial charge on any atom is -0.493 e. The highest BCUT2D eigenvalue weighted by molar-refractivity contribution is 5.73. The number of carbonyl (C=O) groups is 1. The van der Waals surface area contributed by atoms with Crippen molar-refractivity contribution in [2.45, 2.75) is 26.3 Å². The summed E-state index contributed by atoms with van der Waals surface area (Å²) in [6.45, 7) is 5.43. The Balaban J connectivity index is 2.56. The van der Waals surface area contributed by atoms with Gasteiger partial charge in [0.05, 0.1) is 13.0 Å². The first-order valence-corrected chi connectivity index (χ1v) is 5.88. The predicted molar refractivity (Wildman–Crippen MR) is 67.8 cm³/mol. The van der Waals surface area contributed by atoms with Gasteiger partial charge in [-0.15, -0.1) is 0 Å². The number of amides is 1. The van der Waals surface area contributed by atoms with Gasteiger partial charge in [0.25, 0.3) is 0 Å². The monoisotopic (exact) mass is 236 g/mol. The Kier molecular flexibility index (Phi) is 5.49. The smallest absolute Gasteiger partial charge is 0.220 e. The van der Waals surface area contributed by atoms with E-state index in [0.29, 0.717) is 12.6 Å².